The monoisotopic (exact) mass is 563 g/mol. The summed E-state index contributed by atoms with van der Waals surface area (Å²) in [5, 5.41) is 11.4. The average molecular weight is 564 g/mol. The number of hydrogen-bond acceptors (Lipinski definition) is 3. The Morgan fingerprint density at radius 2 is 1.68 bits per heavy atom. The third-order valence-corrected chi connectivity index (χ3v) is 11.0. The molecule has 1 saturated heterocycles. The van der Waals surface area contributed by atoms with Crippen LogP contribution in [0.25, 0.3) is 0 Å². The summed E-state index contributed by atoms with van der Waals surface area (Å²) >= 11 is 0. The lowest BCUT2D eigenvalue weighted by Crippen LogP contribution is -2.65. The van der Waals surface area contributed by atoms with Crippen molar-refractivity contribution in [2.24, 2.45) is 17.3 Å². The lowest BCUT2D eigenvalue weighted by atomic mass is 9.50. The standard InChI is InChI=1S/C32H38F5NO2/c1-29-18-26(21-7-5-20(6-8-21)19-38-15-3-2-4-16-38)28-24-12-10-23(39)17-22(24)9-11-25(28)27(29)13-14-30(29,40)31(33,34)32(35,36)37/h5-8,17,25-27,40H,2-4,9-16,18-19H2,1H3/t25-,26+,27-,29-,30-/m0/s1. The van der Waals surface area contributed by atoms with Crippen LogP contribution < -0.4 is 0 Å². The van der Waals surface area contributed by atoms with Crippen LogP contribution in [0, 0.1) is 17.3 Å². The maximum absolute atomic E-state index is 15.1. The van der Waals surface area contributed by atoms with Crippen molar-refractivity contribution in [2.75, 3.05) is 13.1 Å². The Bertz CT molecular complexity index is 1230. The van der Waals surface area contributed by atoms with Crippen LogP contribution in [-0.2, 0) is 11.3 Å². The highest BCUT2D eigenvalue weighted by Gasteiger charge is 2.79. The Kier molecular flexibility index (Phi) is 6.85. The molecule has 0 amide bonds. The van der Waals surface area contributed by atoms with Crippen molar-refractivity contribution >= 4 is 5.78 Å². The summed E-state index contributed by atoms with van der Waals surface area (Å²) in [5.41, 5.74) is 0.430. The van der Waals surface area contributed by atoms with Gasteiger partial charge in [-0.3, -0.25) is 9.69 Å². The molecule has 3 fully saturated rings. The van der Waals surface area contributed by atoms with Crippen molar-refractivity contribution < 1.29 is 31.9 Å². The average Bonchev–Trinajstić information content (AvgIpc) is 3.20. The molecule has 2 saturated carbocycles. The van der Waals surface area contributed by atoms with E-state index in [0.29, 0.717) is 25.7 Å². The molecule has 6 rings (SSSR count). The summed E-state index contributed by atoms with van der Waals surface area (Å²) in [6.45, 7) is 4.41. The van der Waals surface area contributed by atoms with E-state index in [4.69, 9.17) is 0 Å². The van der Waals surface area contributed by atoms with Gasteiger partial charge in [0.15, 0.2) is 5.78 Å². The van der Waals surface area contributed by atoms with Crippen molar-refractivity contribution in [3.8, 4) is 0 Å². The number of benzene rings is 1. The van der Waals surface area contributed by atoms with Gasteiger partial charge in [-0.1, -0.05) is 43.2 Å². The number of allylic oxidation sites excluding steroid dienone is 4. The van der Waals surface area contributed by atoms with E-state index < -0.39 is 41.4 Å². The first-order valence-electron chi connectivity index (χ1n) is 14.8. The molecule has 1 N–H and O–H groups in total. The molecular formula is C32H38F5NO2. The SMILES string of the molecule is C[C@]12C[C@H](c3ccc(CN4CCCCC4)cc3)C3=C4CCC(=O)C=C4CC[C@H]3[C@@H]1CC[C@@]2(O)C(F)(F)C(F)(F)F. The van der Waals surface area contributed by atoms with Gasteiger partial charge >= 0.3 is 12.1 Å². The molecule has 1 aromatic carbocycles. The molecule has 0 aromatic heterocycles. The first kappa shape index (κ1) is 28.1. The number of carbonyl (C=O) groups excluding carboxylic acids is 1. The minimum atomic E-state index is -5.84. The zero-order valence-corrected chi connectivity index (χ0v) is 23.0. The van der Waals surface area contributed by atoms with Crippen LogP contribution in [0.2, 0.25) is 0 Å². The molecule has 4 aliphatic carbocycles. The lowest BCUT2D eigenvalue weighted by Gasteiger charge is -2.56. The zero-order valence-electron chi connectivity index (χ0n) is 23.0. The molecule has 40 heavy (non-hydrogen) atoms. The number of fused-ring (bicyclic) bond motifs is 4. The number of rotatable bonds is 4. The summed E-state index contributed by atoms with van der Waals surface area (Å²) in [6.07, 6.45) is 1.20. The molecule has 0 bridgehead atoms. The molecule has 3 nitrogen and oxygen atoms in total. The van der Waals surface area contributed by atoms with Gasteiger partial charge in [0, 0.05) is 24.3 Å². The van der Waals surface area contributed by atoms with E-state index in [1.54, 1.807) is 6.08 Å². The van der Waals surface area contributed by atoms with Crippen molar-refractivity contribution in [3.05, 3.63) is 58.2 Å². The predicted octanol–water partition coefficient (Wildman–Crippen LogP) is 7.50. The van der Waals surface area contributed by atoms with E-state index in [-0.39, 0.29) is 24.5 Å². The van der Waals surface area contributed by atoms with Crippen molar-refractivity contribution in [1.82, 2.24) is 4.90 Å². The van der Waals surface area contributed by atoms with Crippen LogP contribution in [0.1, 0.15) is 88.2 Å². The number of piperidine rings is 1. The Morgan fingerprint density at radius 3 is 2.35 bits per heavy atom. The van der Waals surface area contributed by atoms with Crippen LogP contribution in [-0.4, -0.2) is 46.6 Å². The van der Waals surface area contributed by atoms with Crippen LogP contribution in [0.5, 0.6) is 0 Å². The molecule has 0 radical (unpaired) electrons. The molecule has 1 heterocycles. The third-order valence-electron chi connectivity index (χ3n) is 11.0. The summed E-state index contributed by atoms with van der Waals surface area (Å²) in [6, 6.07) is 8.10. The highest BCUT2D eigenvalue weighted by molar-refractivity contribution is 5.93. The van der Waals surface area contributed by atoms with E-state index in [0.717, 1.165) is 47.5 Å². The number of alkyl halides is 5. The first-order chi connectivity index (χ1) is 18.9. The Balaban J connectivity index is 1.42. The van der Waals surface area contributed by atoms with Gasteiger partial charge in [0.05, 0.1) is 0 Å². The van der Waals surface area contributed by atoms with Crippen LogP contribution in [0.15, 0.2) is 47.1 Å². The zero-order chi connectivity index (χ0) is 28.5. The Morgan fingerprint density at radius 1 is 0.975 bits per heavy atom. The molecule has 5 aliphatic rings. The summed E-state index contributed by atoms with van der Waals surface area (Å²) in [4.78, 5) is 14.6. The molecule has 1 aliphatic heterocycles. The van der Waals surface area contributed by atoms with Gasteiger partial charge in [-0.2, -0.15) is 22.0 Å². The van der Waals surface area contributed by atoms with E-state index in [1.807, 2.05) is 24.3 Å². The highest BCUT2D eigenvalue weighted by atomic mass is 19.4. The van der Waals surface area contributed by atoms with E-state index in [9.17, 15) is 23.1 Å². The second-order valence-corrected chi connectivity index (χ2v) is 13.0. The minimum Gasteiger partial charge on any atom is -0.383 e. The number of carbonyl (C=O) groups is 1. The van der Waals surface area contributed by atoms with Crippen molar-refractivity contribution in [1.29, 1.82) is 0 Å². The molecule has 1 aromatic rings. The maximum atomic E-state index is 15.1. The second kappa shape index (κ2) is 9.75. The van der Waals surface area contributed by atoms with Gasteiger partial charge in [0.1, 0.15) is 5.60 Å². The van der Waals surface area contributed by atoms with E-state index in [2.05, 4.69) is 4.90 Å². The van der Waals surface area contributed by atoms with Gasteiger partial charge in [-0.15, -0.1) is 0 Å². The molecule has 8 heteroatoms. The van der Waals surface area contributed by atoms with E-state index >= 15 is 8.78 Å². The van der Waals surface area contributed by atoms with Gasteiger partial charge < -0.3 is 5.11 Å². The number of ketones is 1. The topological polar surface area (TPSA) is 40.5 Å². The van der Waals surface area contributed by atoms with Gasteiger partial charge in [0.25, 0.3) is 0 Å². The predicted molar refractivity (Wildman–Crippen MR) is 142 cm³/mol. The smallest absolute Gasteiger partial charge is 0.383 e. The normalized spacial score (nSPS) is 35.2. The number of nitrogens with zero attached hydrogens (tertiary/aromatic N) is 1. The van der Waals surface area contributed by atoms with Crippen molar-refractivity contribution in [3.63, 3.8) is 0 Å². The third kappa shape index (κ3) is 4.22. The van der Waals surface area contributed by atoms with Crippen LogP contribution in [0.4, 0.5) is 22.0 Å². The number of aliphatic hydroxyl groups is 1. The number of hydrogen-bond donors (Lipinski definition) is 1. The quantitative estimate of drug-likeness (QED) is 0.386. The van der Waals surface area contributed by atoms with Gasteiger partial charge in [0.2, 0.25) is 0 Å². The molecule has 0 spiro atoms. The molecular weight excluding hydrogens is 525 g/mol. The lowest BCUT2D eigenvalue weighted by molar-refractivity contribution is -0.362. The molecule has 0 unspecified atom stereocenters. The summed E-state index contributed by atoms with van der Waals surface area (Å²) in [7, 11) is 0. The molecule has 218 valence electrons. The number of likely N-dealkylation sites (tertiary alicyclic amines) is 1. The van der Waals surface area contributed by atoms with Crippen LogP contribution >= 0.6 is 0 Å². The highest BCUT2D eigenvalue weighted by Crippen LogP contribution is 2.70. The number of halogens is 5. The summed E-state index contributed by atoms with van der Waals surface area (Å²) in [5.74, 6) is -6.21. The Labute approximate surface area is 232 Å². The largest absolute Gasteiger partial charge is 0.456 e. The van der Waals surface area contributed by atoms with Gasteiger partial charge in [-0.25, -0.2) is 0 Å². The van der Waals surface area contributed by atoms with E-state index in [1.165, 1.54) is 26.2 Å². The Hall–Kier alpha value is -2.06. The second-order valence-electron chi connectivity index (χ2n) is 13.0. The maximum Gasteiger partial charge on any atom is 0.456 e. The fourth-order valence-corrected chi connectivity index (χ4v) is 8.95. The fourth-order valence-electron chi connectivity index (χ4n) is 8.95. The van der Waals surface area contributed by atoms with Gasteiger partial charge in [-0.05, 0) is 105 Å². The first-order valence-corrected chi connectivity index (χ1v) is 14.8. The van der Waals surface area contributed by atoms with Crippen LogP contribution in [0.3, 0.4) is 0 Å². The minimum absolute atomic E-state index is 0.0157. The fraction of sp³-hybridized carbons (Fsp3) is 0.656. The summed E-state index contributed by atoms with van der Waals surface area (Å²) < 4.78 is 71.5. The molecule has 5 atom stereocenters. The van der Waals surface area contributed by atoms with Crippen molar-refractivity contribution in [2.45, 2.75) is 101 Å².